The number of hydrogen-bond acceptors (Lipinski definition) is 1. The van der Waals surface area contributed by atoms with Gasteiger partial charge in [0, 0.05) is 11.8 Å². The third-order valence-corrected chi connectivity index (χ3v) is 2.87. The van der Waals surface area contributed by atoms with Gasteiger partial charge in [0.1, 0.15) is 11.3 Å². The van der Waals surface area contributed by atoms with Crippen LogP contribution in [0.5, 0.6) is 0 Å². The molecule has 0 saturated carbocycles. The molecule has 86 valence electrons. The van der Waals surface area contributed by atoms with Crippen molar-refractivity contribution in [3.63, 3.8) is 0 Å². The minimum absolute atomic E-state index is 0.838. The van der Waals surface area contributed by atoms with E-state index in [4.69, 9.17) is 0 Å². The average Bonchev–Trinajstić information content (AvgIpc) is 2.75. The molecule has 2 nitrogen and oxygen atoms in total. The Morgan fingerprint density at radius 2 is 1.72 bits per heavy atom. The molecule has 1 aromatic carbocycles. The van der Waals surface area contributed by atoms with Crippen LogP contribution >= 0.6 is 0 Å². The van der Waals surface area contributed by atoms with Gasteiger partial charge in [-0.05, 0) is 37.1 Å². The zero-order valence-electron chi connectivity index (χ0n) is 10.1. The Morgan fingerprint density at radius 1 is 0.944 bits per heavy atom. The summed E-state index contributed by atoms with van der Waals surface area (Å²) < 4.78 is 2.05. The zero-order chi connectivity index (χ0) is 12.4. The summed E-state index contributed by atoms with van der Waals surface area (Å²) in [6.45, 7) is 2.04. The van der Waals surface area contributed by atoms with E-state index < -0.39 is 0 Å². The smallest absolute Gasteiger partial charge is 0.138 e. The summed E-state index contributed by atoms with van der Waals surface area (Å²) in [5.74, 6) is 6.27. The first-order valence-electron chi connectivity index (χ1n) is 5.85. The summed E-state index contributed by atoms with van der Waals surface area (Å²) in [5.41, 5.74) is 3.86. The molecule has 0 N–H and O–H groups in total. The van der Waals surface area contributed by atoms with Crippen LogP contribution in [-0.2, 0) is 0 Å². The van der Waals surface area contributed by atoms with Crippen LogP contribution in [0.25, 0.3) is 5.65 Å². The average molecular weight is 232 g/mol. The third-order valence-electron chi connectivity index (χ3n) is 2.87. The molecule has 0 aliphatic heterocycles. The molecule has 2 heterocycles. The Hall–Kier alpha value is -2.53. The highest BCUT2D eigenvalue weighted by Crippen LogP contribution is 2.10. The summed E-state index contributed by atoms with van der Waals surface area (Å²) in [6, 6.07) is 15.9. The van der Waals surface area contributed by atoms with Gasteiger partial charge in [-0.3, -0.25) is 0 Å². The van der Waals surface area contributed by atoms with Crippen molar-refractivity contribution >= 4 is 5.65 Å². The van der Waals surface area contributed by atoms with Gasteiger partial charge in [-0.2, -0.15) is 0 Å². The standard InChI is InChI=1S/C16H12N2/c1-13-15(11-10-14-7-3-2-4-8-14)17-16-9-5-6-12-18(13)16/h2-9,12H,1H3. The lowest BCUT2D eigenvalue weighted by Gasteiger charge is -1.92. The van der Waals surface area contributed by atoms with Gasteiger partial charge in [-0.15, -0.1) is 0 Å². The zero-order valence-corrected chi connectivity index (χ0v) is 10.1. The fourth-order valence-electron chi connectivity index (χ4n) is 1.89. The van der Waals surface area contributed by atoms with E-state index in [9.17, 15) is 0 Å². The molecule has 0 unspecified atom stereocenters. The van der Waals surface area contributed by atoms with Crippen molar-refractivity contribution in [2.75, 3.05) is 0 Å². The quantitative estimate of drug-likeness (QED) is 0.544. The van der Waals surface area contributed by atoms with Gasteiger partial charge < -0.3 is 4.40 Å². The van der Waals surface area contributed by atoms with Gasteiger partial charge in [0.25, 0.3) is 0 Å². The van der Waals surface area contributed by atoms with Crippen molar-refractivity contribution in [3.05, 3.63) is 71.7 Å². The van der Waals surface area contributed by atoms with E-state index in [1.165, 1.54) is 0 Å². The fraction of sp³-hybridized carbons (Fsp3) is 0.0625. The second-order valence-electron chi connectivity index (χ2n) is 4.09. The SMILES string of the molecule is Cc1c(C#Cc2ccccc2)nc2ccccn12. The van der Waals surface area contributed by atoms with E-state index in [1.807, 2.05) is 61.7 Å². The Kier molecular flexibility index (Phi) is 2.59. The van der Waals surface area contributed by atoms with Crippen LogP contribution in [0.3, 0.4) is 0 Å². The number of pyridine rings is 1. The number of aryl methyl sites for hydroxylation is 1. The van der Waals surface area contributed by atoms with Crippen LogP contribution in [0.2, 0.25) is 0 Å². The highest BCUT2D eigenvalue weighted by molar-refractivity contribution is 5.49. The van der Waals surface area contributed by atoms with Crippen molar-refractivity contribution in [1.29, 1.82) is 0 Å². The molecule has 2 heteroatoms. The van der Waals surface area contributed by atoms with Crippen LogP contribution in [0.15, 0.2) is 54.7 Å². The second kappa shape index (κ2) is 4.38. The van der Waals surface area contributed by atoms with Crippen LogP contribution in [0.4, 0.5) is 0 Å². The molecule has 0 spiro atoms. The van der Waals surface area contributed by atoms with Gasteiger partial charge >= 0.3 is 0 Å². The maximum atomic E-state index is 4.52. The molecule has 0 bridgehead atoms. The minimum atomic E-state index is 0.838. The lowest BCUT2D eigenvalue weighted by molar-refractivity contribution is 1.11. The summed E-state index contributed by atoms with van der Waals surface area (Å²) in [6.07, 6.45) is 2.01. The normalized spacial score (nSPS) is 10.1. The minimum Gasteiger partial charge on any atom is -0.303 e. The number of nitrogens with zero attached hydrogens (tertiary/aromatic N) is 2. The van der Waals surface area contributed by atoms with Crippen molar-refractivity contribution in [1.82, 2.24) is 9.38 Å². The summed E-state index contributed by atoms with van der Waals surface area (Å²) in [7, 11) is 0. The summed E-state index contributed by atoms with van der Waals surface area (Å²) in [4.78, 5) is 4.52. The maximum Gasteiger partial charge on any atom is 0.138 e. The fourth-order valence-corrected chi connectivity index (χ4v) is 1.89. The van der Waals surface area contributed by atoms with E-state index in [2.05, 4.69) is 21.2 Å². The molecule has 0 aliphatic carbocycles. The van der Waals surface area contributed by atoms with E-state index in [1.54, 1.807) is 0 Å². The Bertz CT molecular complexity index is 743. The monoisotopic (exact) mass is 232 g/mol. The number of benzene rings is 1. The first-order chi connectivity index (χ1) is 8.84. The highest BCUT2D eigenvalue weighted by Gasteiger charge is 2.03. The van der Waals surface area contributed by atoms with Gasteiger partial charge in [0.15, 0.2) is 0 Å². The highest BCUT2D eigenvalue weighted by atomic mass is 15.0. The number of aromatic nitrogens is 2. The Morgan fingerprint density at radius 3 is 2.50 bits per heavy atom. The maximum absolute atomic E-state index is 4.52. The number of hydrogen-bond donors (Lipinski definition) is 0. The molecular formula is C16H12N2. The van der Waals surface area contributed by atoms with Crippen molar-refractivity contribution < 1.29 is 0 Å². The Balaban J connectivity index is 2.06. The van der Waals surface area contributed by atoms with Gasteiger partial charge in [-0.1, -0.05) is 30.2 Å². The molecule has 18 heavy (non-hydrogen) atoms. The van der Waals surface area contributed by atoms with Gasteiger partial charge in [0.2, 0.25) is 0 Å². The molecule has 0 aliphatic rings. The Labute approximate surface area is 106 Å². The summed E-state index contributed by atoms with van der Waals surface area (Å²) in [5, 5.41) is 0. The van der Waals surface area contributed by atoms with Crippen LogP contribution in [0.1, 0.15) is 17.0 Å². The molecule has 0 atom stereocenters. The molecule has 0 amide bonds. The number of rotatable bonds is 0. The van der Waals surface area contributed by atoms with Gasteiger partial charge in [-0.25, -0.2) is 4.98 Å². The van der Waals surface area contributed by atoms with Gasteiger partial charge in [0.05, 0.1) is 5.69 Å². The number of imidazole rings is 1. The van der Waals surface area contributed by atoms with E-state index in [0.717, 1.165) is 22.6 Å². The molecule has 2 aromatic heterocycles. The summed E-state index contributed by atoms with van der Waals surface area (Å²) >= 11 is 0. The first kappa shape index (κ1) is 10.6. The first-order valence-corrected chi connectivity index (χ1v) is 5.85. The topological polar surface area (TPSA) is 17.3 Å². The molecule has 0 saturated heterocycles. The molecule has 3 rings (SSSR count). The van der Waals surface area contributed by atoms with E-state index >= 15 is 0 Å². The van der Waals surface area contributed by atoms with Crippen molar-refractivity contribution in [2.24, 2.45) is 0 Å². The lowest BCUT2D eigenvalue weighted by Crippen LogP contribution is -1.85. The van der Waals surface area contributed by atoms with Crippen molar-refractivity contribution in [2.45, 2.75) is 6.92 Å². The van der Waals surface area contributed by atoms with Crippen molar-refractivity contribution in [3.8, 4) is 11.8 Å². The lowest BCUT2D eigenvalue weighted by atomic mass is 10.2. The van der Waals surface area contributed by atoms with Crippen LogP contribution in [0, 0.1) is 18.8 Å². The number of fused-ring (bicyclic) bond motifs is 1. The predicted molar refractivity (Wildman–Crippen MR) is 72.4 cm³/mol. The van der Waals surface area contributed by atoms with E-state index in [-0.39, 0.29) is 0 Å². The molecular weight excluding hydrogens is 220 g/mol. The molecule has 0 fully saturated rings. The predicted octanol–water partition coefficient (Wildman–Crippen LogP) is 3.04. The molecule has 0 radical (unpaired) electrons. The third kappa shape index (κ3) is 1.87. The largest absolute Gasteiger partial charge is 0.303 e. The van der Waals surface area contributed by atoms with E-state index in [0.29, 0.717) is 0 Å². The molecule has 3 aromatic rings. The van der Waals surface area contributed by atoms with Crippen LogP contribution < -0.4 is 0 Å². The van der Waals surface area contributed by atoms with Crippen LogP contribution in [-0.4, -0.2) is 9.38 Å². The second-order valence-corrected chi connectivity index (χ2v) is 4.09.